The van der Waals surface area contributed by atoms with Crippen LogP contribution in [0, 0.1) is 5.92 Å². The van der Waals surface area contributed by atoms with Gasteiger partial charge in [0.1, 0.15) is 0 Å². The van der Waals surface area contributed by atoms with Crippen molar-refractivity contribution in [3.63, 3.8) is 0 Å². The van der Waals surface area contributed by atoms with Crippen molar-refractivity contribution in [3.05, 3.63) is 0 Å². The minimum Gasteiger partial charge on any atom is -0.392 e. The molecule has 112 valence electrons. The number of hydrogen-bond donors (Lipinski definition) is 1. The van der Waals surface area contributed by atoms with Crippen molar-refractivity contribution < 1.29 is 5.11 Å². The summed E-state index contributed by atoms with van der Waals surface area (Å²) in [6.07, 6.45) is 10.3. The van der Waals surface area contributed by atoms with Crippen LogP contribution in [0.1, 0.15) is 51.4 Å². The molecule has 0 amide bonds. The van der Waals surface area contributed by atoms with Crippen molar-refractivity contribution in [1.29, 1.82) is 0 Å². The van der Waals surface area contributed by atoms with Crippen LogP contribution in [0.4, 0.5) is 0 Å². The smallest absolute Gasteiger partial charge is 0.0695 e. The molecule has 0 aromatic heterocycles. The van der Waals surface area contributed by atoms with E-state index in [1.807, 2.05) is 0 Å². The molecule has 0 heterocycles. The highest BCUT2D eigenvalue weighted by Gasteiger charge is 2.40. The standard InChI is InChI=1S/C16H32N2O/c1-17(2)16(10-7-11-16)13-18(3)12-15(19)14-8-5-4-6-9-14/h14-15,19H,4-13H2,1-3H3. The fourth-order valence-electron chi connectivity index (χ4n) is 3.89. The summed E-state index contributed by atoms with van der Waals surface area (Å²) in [4.78, 5) is 4.75. The molecule has 2 saturated carbocycles. The molecular formula is C16H32N2O. The monoisotopic (exact) mass is 268 g/mol. The first-order valence-electron chi connectivity index (χ1n) is 8.07. The maximum atomic E-state index is 10.4. The second kappa shape index (κ2) is 6.55. The van der Waals surface area contributed by atoms with Crippen molar-refractivity contribution in [1.82, 2.24) is 9.80 Å². The fraction of sp³-hybridized carbons (Fsp3) is 1.00. The summed E-state index contributed by atoms with van der Waals surface area (Å²) in [6.45, 7) is 1.95. The van der Waals surface area contributed by atoms with Gasteiger partial charge in [0.15, 0.2) is 0 Å². The lowest BCUT2D eigenvalue weighted by molar-refractivity contribution is 0.00120. The third-order valence-electron chi connectivity index (χ3n) is 5.49. The third-order valence-corrected chi connectivity index (χ3v) is 5.49. The predicted molar refractivity (Wildman–Crippen MR) is 80.3 cm³/mol. The van der Waals surface area contributed by atoms with E-state index in [1.54, 1.807) is 0 Å². The van der Waals surface area contributed by atoms with Gasteiger partial charge in [-0.1, -0.05) is 19.3 Å². The maximum absolute atomic E-state index is 10.4. The number of likely N-dealkylation sites (N-methyl/N-ethyl adjacent to an activating group) is 2. The molecule has 0 saturated heterocycles. The highest BCUT2D eigenvalue weighted by Crippen LogP contribution is 2.36. The first-order valence-corrected chi connectivity index (χ1v) is 8.07. The Bertz CT molecular complexity index is 270. The van der Waals surface area contributed by atoms with E-state index in [1.165, 1.54) is 51.4 Å². The minimum atomic E-state index is -0.121. The van der Waals surface area contributed by atoms with Crippen LogP contribution >= 0.6 is 0 Å². The van der Waals surface area contributed by atoms with E-state index in [4.69, 9.17) is 0 Å². The summed E-state index contributed by atoms with van der Waals surface area (Å²) in [7, 11) is 6.57. The van der Waals surface area contributed by atoms with E-state index in [2.05, 4.69) is 30.9 Å². The highest BCUT2D eigenvalue weighted by atomic mass is 16.3. The molecule has 0 radical (unpaired) electrons. The molecule has 3 heteroatoms. The normalized spacial score (nSPS) is 25.6. The van der Waals surface area contributed by atoms with E-state index in [0.29, 0.717) is 11.5 Å². The van der Waals surface area contributed by atoms with Gasteiger partial charge in [-0.3, -0.25) is 0 Å². The molecule has 19 heavy (non-hydrogen) atoms. The summed E-state index contributed by atoms with van der Waals surface area (Å²) in [5, 5.41) is 10.4. The predicted octanol–water partition coefficient (Wildman–Crippen LogP) is 2.34. The Morgan fingerprint density at radius 3 is 2.16 bits per heavy atom. The summed E-state index contributed by atoms with van der Waals surface area (Å²) >= 11 is 0. The lowest BCUT2D eigenvalue weighted by Crippen LogP contribution is -2.57. The molecule has 0 aromatic rings. The third kappa shape index (κ3) is 3.71. The minimum absolute atomic E-state index is 0.121. The molecule has 0 spiro atoms. The SMILES string of the molecule is CN(CC(O)C1CCCCC1)CC1(N(C)C)CCC1. The fourth-order valence-corrected chi connectivity index (χ4v) is 3.89. The number of rotatable bonds is 6. The molecule has 3 nitrogen and oxygen atoms in total. The first-order chi connectivity index (χ1) is 9.03. The molecule has 2 rings (SSSR count). The molecule has 2 aliphatic carbocycles. The largest absolute Gasteiger partial charge is 0.392 e. The molecule has 2 fully saturated rings. The van der Waals surface area contributed by atoms with Crippen molar-refractivity contribution in [3.8, 4) is 0 Å². The van der Waals surface area contributed by atoms with Crippen molar-refractivity contribution in [2.24, 2.45) is 5.92 Å². The van der Waals surface area contributed by atoms with Crippen molar-refractivity contribution in [2.75, 3.05) is 34.2 Å². The lowest BCUT2D eigenvalue weighted by atomic mass is 9.75. The Hall–Kier alpha value is -0.120. The number of aliphatic hydroxyl groups excluding tert-OH is 1. The van der Waals surface area contributed by atoms with Crippen molar-refractivity contribution in [2.45, 2.75) is 63.0 Å². The van der Waals surface area contributed by atoms with Crippen LogP contribution in [0.15, 0.2) is 0 Å². The van der Waals surface area contributed by atoms with E-state index < -0.39 is 0 Å². The Kier molecular flexibility index (Phi) is 5.27. The van der Waals surface area contributed by atoms with E-state index in [0.717, 1.165) is 13.1 Å². The Balaban J connectivity index is 1.78. The van der Waals surface area contributed by atoms with Crippen LogP contribution in [0.2, 0.25) is 0 Å². The van der Waals surface area contributed by atoms with Gasteiger partial charge in [0.25, 0.3) is 0 Å². The van der Waals surface area contributed by atoms with Gasteiger partial charge in [0.05, 0.1) is 6.10 Å². The second-order valence-corrected chi connectivity index (χ2v) is 7.13. The van der Waals surface area contributed by atoms with Gasteiger partial charge in [-0.2, -0.15) is 0 Å². The molecule has 0 aromatic carbocycles. The van der Waals surface area contributed by atoms with Crippen LogP contribution in [0.3, 0.4) is 0 Å². The van der Waals surface area contributed by atoms with Crippen LogP contribution < -0.4 is 0 Å². The quantitative estimate of drug-likeness (QED) is 0.801. The van der Waals surface area contributed by atoms with Gasteiger partial charge in [-0.25, -0.2) is 0 Å². The Morgan fingerprint density at radius 2 is 1.68 bits per heavy atom. The highest BCUT2D eigenvalue weighted by molar-refractivity contribution is 4.98. The van der Waals surface area contributed by atoms with Crippen LogP contribution in [-0.4, -0.2) is 60.8 Å². The molecule has 1 N–H and O–H groups in total. The average Bonchev–Trinajstić information content (AvgIpc) is 2.34. The van der Waals surface area contributed by atoms with Gasteiger partial charge in [-0.05, 0) is 59.2 Å². The Labute approximate surface area is 119 Å². The summed E-state index contributed by atoms with van der Waals surface area (Å²) in [5.41, 5.74) is 0.376. The maximum Gasteiger partial charge on any atom is 0.0695 e. The molecule has 0 aliphatic heterocycles. The molecule has 0 bridgehead atoms. The van der Waals surface area contributed by atoms with Gasteiger partial charge in [-0.15, -0.1) is 0 Å². The van der Waals surface area contributed by atoms with Crippen LogP contribution in [-0.2, 0) is 0 Å². The zero-order valence-electron chi connectivity index (χ0n) is 13.1. The number of nitrogens with zero attached hydrogens (tertiary/aromatic N) is 2. The summed E-state index contributed by atoms with van der Waals surface area (Å²) in [5.74, 6) is 0.549. The molecule has 2 aliphatic rings. The van der Waals surface area contributed by atoms with Gasteiger partial charge in [0, 0.05) is 18.6 Å². The van der Waals surface area contributed by atoms with E-state index in [9.17, 15) is 5.11 Å². The van der Waals surface area contributed by atoms with Gasteiger partial charge in [0.2, 0.25) is 0 Å². The van der Waals surface area contributed by atoms with Gasteiger partial charge >= 0.3 is 0 Å². The average molecular weight is 268 g/mol. The van der Waals surface area contributed by atoms with E-state index in [-0.39, 0.29) is 6.10 Å². The zero-order valence-corrected chi connectivity index (χ0v) is 13.1. The zero-order chi connectivity index (χ0) is 13.9. The summed E-state index contributed by atoms with van der Waals surface area (Å²) in [6, 6.07) is 0. The lowest BCUT2D eigenvalue weighted by Gasteiger charge is -2.49. The van der Waals surface area contributed by atoms with E-state index >= 15 is 0 Å². The molecule has 1 unspecified atom stereocenters. The van der Waals surface area contributed by atoms with Crippen LogP contribution in [0.25, 0.3) is 0 Å². The number of aliphatic hydroxyl groups is 1. The first kappa shape index (κ1) is 15.3. The molecule has 1 atom stereocenters. The Morgan fingerprint density at radius 1 is 1.05 bits per heavy atom. The summed E-state index contributed by atoms with van der Waals surface area (Å²) < 4.78 is 0. The second-order valence-electron chi connectivity index (χ2n) is 7.13. The van der Waals surface area contributed by atoms with Crippen molar-refractivity contribution >= 4 is 0 Å². The van der Waals surface area contributed by atoms with Gasteiger partial charge < -0.3 is 14.9 Å². The van der Waals surface area contributed by atoms with Crippen LogP contribution in [0.5, 0.6) is 0 Å². The molecular weight excluding hydrogens is 236 g/mol. The topological polar surface area (TPSA) is 26.7 Å². The number of hydrogen-bond acceptors (Lipinski definition) is 3.